The highest BCUT2D eigenvalue weighted by molar-refractivity contribution is 7.71. The van der Waals surface area contributed by atoms with Gasteiger partial charge in [0.05, 0.1) is 0 Å². The monoisotopic (exact) mass is 229 g/mol. The number of nitrogens with zero attached hydrogens (tertiary/aromatic N) is 1. The topological polar surface area (TPSA) is 53.6 Å². The molecule has 0 aliphatic rings. The lowest BCUT2D eigenvalue weighted by atomic mass is 10.1. The molecule has 0 aromatic carbocycles. The van der Waals surface area contributed by atoms with Crippen LogP contribution in [-0.4, -0.2) is 14.8 Å². The van der Waals surface area contributed by atoms with Gasteiger partial charge in [0.25, 0.3) is 0 Å². The van der Waals surface area contributed by atoms with Gasteiger partial charge in [0.15, 0.2) is 4.77 Å². The molecule has 0 bridgehead atoms. The van der Waals surface area contributed by atoms with Crippen molar-refractivity contribution in [1.82, 2.24) is 14.8 Å². The molecular formula is C10H19N3OS. The SMILES string of the molecule is CCCCCCC(C)n1c(=O)[nH][nH]c1=S. The summed E-state index contributed by atoms with van der Waals surface area (Å²) in [7, 11) is 0. The molecule has 1 unspecified atom stereocenters. The lowest BCUT2D eigenvalue weighted by molar-refractivity contribution is 0.458. The molecular weight excluding hydrogens is 210 g/mol. The summed E-state index contributed by atoms with van der Waals surface area (Å²) in [6.07, 6.45) is 5.90. The minimum atomic E-state index is -0.136. The van der Waals surface area contributed by atoms with Crippen molar-refractivity contribution >= 4 is 12.2 Å². The molecule has 5 heteroatoms. The smallest absolute Gasteiger partial charge is 0.272 e. The average molecular weight is 229 g/mol. The van der Waals surface area contributed by atoms with Gasteiger partial charge in [0.1, 0.15) is 0 Å². The Morgan fingerprint density at radius 1 is 1.33 bits per heavy atom. The van der Waals surface area contributed by atoms with E-state index in [-0.39, 0.29) is 11.7 Å². The third kappa shape index (κ3) is 3.34. The molecule has 0 aliphatic carbocycles. The summed E-state index contributed by atoms with van der Waals surface area (Å²) in [5.41, 5.74) is -0.136. The van der Waals surface area contributed by atoms with Crippen molar-refractivity contribution in [2.75, 3.05) is 0 Å². The minimum absolute atomic E-state index is 0.136. The molecule has 15 heavy (non-hydrogen) atoms. The predicted molar refractivity (Wildman–Crippen MR) is 63.7 cm³/mol. The van der Waals surface area contributed by atoms with E-state index in [9.17, 15) is 4.79 Å². The second-order valence-corrected chi connectivity index (χ2v) is 4.32. The lowest BCUT2D eigenvalue weighted by Gasteiger charge is -2.10. The third-order valence-electron chi connectivity index (χ3n) is 2.63. The molecule has 86 valence electrons. The van der Waals surface area contributed by atoms with E-state index < -0.39 is 0 Å². The maximum Gasteiger partial charge on any atom is 0.342 e. The zero-order chi connectivity index (χ0) is 11.3. The number of aromatic amines is 2. The fraction of sp³-hybridized carbons (Fsp3) is 0.800. The first kappa shape index (κ1) is 12.2. The van der Waals surface area contributed by atoms with Gasteiger partial charge in [0.2, 0.25) is 0 Å². The summed E-state index contributed by atoms with van der Waals surface area (Å²) in [6.45, 7) is 4.22. The Labute approximate surface area is 94.7 Å². The van der Waals surface area contributed by atoms with Crippen LogP contribution in [0.1, 0.15) is 52.0 Å². The van der Waals surface area contributed by atoms with Crippen molar-refractivity contribution < 1.29 is 0 Å². The summed E-state index contributed by atoms with van der Waals surface area (Å²) in [4.78, 5) is 11.4. The largest absolute Gasteiger partial charge is 0.342 e. The van der Waals surface area contributed by atoms with Crippen LogP contribution in [0.5, 0.6) is 0 Å². The van der Waals surface area contributed by atoms with E-state index >= 15 is 0 Å². The second kappa shape index (κ2) is 5.90. The molecule has 1 atom stereocenters. The van der Waals surface area contributed by atoms with Gasteiger partial charge in [-0.25, -0.2) is 9.89 Å². The van der Waals surface area contributed by atoms with Gasteiger partial charge in [-0.2, -0.15) is 0 Å². The Morgan fingerprint density at radius 2 is 2.07 bits per heavy atom. The molecule has 2 N–H and O–H groups in total. The van der Waals surface area contributed by atoms with Gasteiger partial charge in [-0.15, -0.1) is 0 Å². The van der Waals surface area contributed by atoms with Gasteiger partial charge in [-0.3, -0.25) is 9.67 Å². The number of hydrogen-bond acceptors (Lipinski definition) is 2. The van der Waals surface area contributed by atoms with Gasteiger partial charge < -0.3 is 0 Å². The van der Waals surface area contributed by atoms with Crippen molar-refractivity contribution in [3.05, 3.63) is 15.3 Å². The molecule has 0 radical (unpaired) electrons. The maximum absolute atomic E-state index is 11.4. The molecule has 0 saturated carbocycles. The van der Waals surface area contributed by atoms with Crippen LogP contribution in [-0.2, 0) is 0 Å². The number of H-pyrrole nitrogens is 2. The Morgan fingerprint density at radius 3 is 2.60 bits per heavy atom. The number of hydrogen-bond donors (Lipinski definition) is 2. The van der Waals surface area contributed by atoms with Crippen LogP contribution in [0.15, 0.2) is 4.79 Å². The first-order chi connectivity index (χ1) is 7.16. The first-order valence-corrected chi connectivity index (χ1v) is 5.96. The van der Waals surface area contributed by atoms with E-state index in [1.807, 2.05) is 6.92 Å². The fourth-order valence-corrected chi connectivity index (χ4v) is 2.03. The van der Waals surface area contributed by atoms with Crippen LogP contribution in [0, 0.1) is 4.77 Å². The van der Waals surface area contributed by atoms with E-state index in [1.54, 1.807) is 4.57 Å². The standard InChI is InChI=1S/C10H19N3OS/c1-3-4-5-6-7-8(2)13-9(14)11-12-10(13)15/h8H,3-7H2,1-2H3,(H,11,14)(H,12,15). The van der Waals surface area contributed by atoms with Crippen LogP contribution in [0.3, 0.4) is 0 Å². The van der Waals surface area contributed by atoms with Crippen molar-refractivity contribution in [1.29, 1.82) is 0 Å². The van der Waals surface area contributed by atoms with Gasteiger partial charge in [0, 0.05) is 6.04 Å². The van der Waals surface area contributed by atoms with Crippen molar-refractivity contribution in [3.8, 4) is 0 Å². The third-order valence-corrected chi connectivity index (χ3v) is 2.93. The number of unbranched alkanes of at least 4 members (excludes halogenated alkanes) is 3. The highest BCUT2D eigenvalue weighted by atomic mass is 32.1. The highest BCUT2D eigenvalue weighted by Crippen LogP contribution is 2.13. The quantitative estimate of drug-likeness (QED) is 0.582. The van der Waals surface area contributed by atoms with Crippen molar-refractivity contribution in [3.63, 3.8) is 0 Å². The van der Waals surface area contributed by atoms with Crippen LogP contribution in [0.4, 0.5) is 0 Å². The number of aromatic nitrogens is 3. The lowest BCUT2D eigenvalue weighted by Crippen LogP contribution is -2.20. The Bertz CT molecular complexity index is 362. The van der Waals surface area contributed by atoms with Crippen LogP contribution in [0.2, 0.25) is 0 Å². The van der Waals surface area contributed by atoms with Gasteiger partial charge in [-0.1, -0.05) is 32.6 Å². The van der Waals surface area contributed by atoms with Crippen LogP contribution in [0.25, 0.3) is 0 Å². The fourth-order valence-electron chi connectivity index (χ4n) is 1.72. The molecule has 0 amide bonds. The number of rotatable bonds is 6. The molecule has 1 aromatic heterocycles. The minimum Gasteiger partial charge on any atom is -0.272 e. The molecule has 4 nitrogen and oxygen atoms in total. The first-order valence-electron chi connectivity index (χ1n) is 5.56. The number of nitrogens with one attached hydrogen (secondary N) is 2. The van der Waals surface area contributed by atoms with E-state index in [0.717, 1.165) is 12.8 Å². The second-order valence-electron chi connectivity index (χ2n) is 3.93. The highest BCUT2D eigenvalue weighted by Gasteiger charge is 2.08. The zero-order valence-electron chi connectivity index (χ0n) is 9.38. The molecule has 1 aromatic rings. The molecule has 0 aliphatic heterocycles. The Balaban J connectivity index is 2.50. The Kier molecular flexibility index (Phi) is 4.81. The summed E-state index contributed by atoms with van der Waals surface area (Å²) in [6, 6.07) is 0.185. The van der Waals surface area contributed by atoms with Gasteiger partial charge >= 0.3 is 5.69 Å². The van der Waals surface area contributed by atoms with Crippen molar-refractivity contribution in [2.24, 2.45) is 0 Å². The molecule has 0 spiro atoms. The van der Waals surface area contributed by atoms with Crippen LogP contribution >= 0.6 is 12.2 Å². The van der Waals surface area contributed by atoms with E-state index in [2.05, 4.69) is 17.1 Å². The zero-order valence-corrected chi connectivity index (χ0v) is 10.2. The molecule has 1 heterocycles. The molecule has 0 fully saturated rings. The summed E-state index contributed by atoms with van der Waals surface area (Å²) in [5, 5.41) is 5.16. The predicted octanol–water partition coefficient (Wildman–Crippen LogP) is 2.77. The normalized spacial score (nSPS) is 12.9. The summed E-state index contributed by atoms with van der Waals surface area (Å²) in [5.74, 6) is 0. The molecule has 0 saturated heterocycles. The summed E-state index contributed by atoms with van der Waals surface area (Å²) >= 11 is 5.03. The van der Waals surface area contributed by atoms with E-state index in [1.165, 1.54) is 19.3 Å². The Hall–Kier alpha value is -0.840. The maximum atomic E-state index is 11.4. The van der Waals surface area contributed by atoms with Gasteiger partial charge in [-0.05, 0) is 25.6 Å². The molecule has 1 rings (SSSR count). The van der Waals surface area contributed by atoms with Crippen LogP contribution < -0.4 is 5.69 Å². The van der Waals surface area contributed by atoms with E-state index in [4.69, 9.17) is 12.2 Å². The summed E-state index contributed by atoms with van der Waals surface area (Å²) < 4.78 is 2.10. The van der Waals surface area contributed by atoms with E-state index in [0.29, 0.717) is 4.77 Å². The average Bonchev–Trinajstić information content (AvgIpc) is 2.53. The van der Waals surface area contributed by atoms with Crippen molar-refractivity contribution in [2.45, 2.75) is 52.0 Å².